The van der Waals surface area contributed by atoms with Crippen molar-refractivity contribution in [1.29, 1.82) is 0 Å². The minimum Gasteiger partial charge on any atom is -0.314 e. The maximum Gasteiger partial charge on any atom is 0.0118 e. The van der Waals surface area contributed by atoms with E-state index in [2.05, 4.69) is 48.5 Å². The van der Waals surface area contributed by atoms with Crippen LogP contribution in [0.25, 0.3) is 0 Å². The van der Waals surface area contributed by atoms with Crippen molar-refractivity contribution in [1.82, 2.24) is 10.2 Å². The van der Waals surface area contributed by atoms with Crippen LogP contribution in [0.15, 0.2) is 17.5 Å². The van der Waals surface area contributed by atoms with Crippen molar-refractivity contribution in [2.75, 3.05) is 26.2 Å². The Hall–Kier alpha value is -0.380. The molecule has 0 bridgehead atoms. The molecule has 2 heterocycles. The van der Waals surface area contributed by atoms with E-state index in [9.17, 15) is 0 Å². The first-order chi connectivity index (χ1) is 9.12. The van der Waals surface area contributed by atoms with Crippen LogP contribution in [0.5, 0.6) is 0 Å². The summed E-state index contributed by atoms with van der Waals surface area (Å²) in [6, 6.07) is 5.20. The van der Waals surface area contributed by atoms with Gasteiger partial charge in [0.15, 0.2) is 0 Å². The Kier molecular flexibility index (Phi) is 5.43. The van der Waals surface area contributed by atoms with Gasteiger partial charge in [-0.05, 0) is 50.3 Å². The van der Waals surface area contributed by atoms with Crippen LogP contribution in [-0.4, -0.2) is 37.1 Å². The smallest absolute Gasteiger partial charge is 0.0118 e. The Morgan fingerprint density at radius 2 is 2.11 bits per heavy atom. The quantitative estimate of drug-likeness (QED) is 0.858. The van der Waals surface area contributed by atoms with E-state index >= 15 is 0 Å². The molecule has 1 aromatic rings. The van der Waals surface area contributed by atoms with E-state index in [1.54, 1.807) is 0 Å². The molecule has 2 rings (SSSR count). The normalized spacial score (nSPS) is 18.9. The lowest BCUT2D eigenvalue weighted by Crippen LogP contribution is -2.46. The summed E-state index contributed by atoms with van der Waals surface area (Å²) in [5.74, 6) is 0. The number of nitrogens with one attached hydrogen (secondary N) is 1. The molecule has 1 saturated heterocycles. The molecule has 19 heavy (non-hydrogen) atoms. The van der Waals surface area contributed by atoms with E-state index < -0.39 is 0 Å². The van der Waals surface area contributed by atoms with E-state index in [4.69, 9.17) is 0 Å². The molecule has 0 radical (unpaired) electrons. The van der Waals surface area contributed by atoms with E-state index in [0.29, 0.717) is 0 Å². The summed E-state index contributed by atoms with van der Waals surface area (Å²) >= 11 is 1.89. The molecule has 1 aliphatic rings. The molecule has 1 aliphatic heterocycles. The second kappa shape index (κ2) is 6.87. The summed E-state index contributed by atoms with van der Waals surface area (Å²) in [6.45, 7) is 11.8. The molecule has 0 aromatic carbocycles. The Morgan fingerprint density at radius 3 is 2.68 bits per heavy atom. The number of piperidine rings is 1. The van der Waals surface area contributed by atoms with Gasteiger partial charge >= 0.3 is 0 Å². The van der Waals surface area contributed by atoms with Gasteiger partial charge in [0, 0.05) is 22.9 Å². The Balaban J connectivity index is 1.79. The molecule has 2 nitrogen and oxygen atoms in total. The first kappa shape index (κ1) is 15.0. The van der Waals surface area contributed by atoms with Gasteiger partial charge in [-0.3, -0.25) is 0 Å². The lowest BCUT2D eigenvalue weighted by Gasteiger charge is -2.37. The van der Waals surface area contributed by atoms with E-state index in [0.717, 1.165) is 6.04 Å². The van der Waals surface area contributed by atoms with Crippen LogP contribution in [0.4, 0.5) is 0 Å². The lowest BCUT2D eigenvalue weighted by molar-refractivity contribution is 0.168. The summed E-state index contributed by atoms with van der Waals surface area (Å²) < 4.78 is 0. The van der Waals surface area contributed by atoms with Gasteiger partial charge in [0.25, 0.3) is 0 Å². The molecule has 0 amide bonds. The van der Waals surface area contributed by atoms with Crippen molar-refractivity contribution < 1.29 is 0 Å². The van der Waals surface area contributed by atoms with E-state index in [1.807, 2.05) is 11.3 Å². The van der Waals surface area contributed by atoms with Crippen LogP contribution in [0, 0.1) is 0 Å². The summed E-state index contributed by atoms with van der Waals surface area (Å²) in [4.78, 5) is 4.16. The monoisotopic (exact) mass is 280 g/mol. The minimum atomic E-state index is 0.290. The molecule has 3 heteroatoms. The molecular formula is C16H28N2S. The maximum absolute atomic E-state index is 3.66. The average molecular weight is 280 g/mol. The largest absolute Gasteiger partial charge is 0.314 e. The topological polar surface area (TPSA) is 15.3 Å². The van der Waals surface area contributed by atoms with Crippen molar-refractivity contribution in [3.63, 3.8) is 0 Å². The first-order valence-corrected chi connectivity index (χ1v) is 8.49. The number of rotatable bonds is 6. The molecular weight excluding hydrogens is 252 g/mol. The predicted octanol–water partition coefficient (Wildman–Crippen LogP) is 3.49. The molecule has 0 unspecified atom stereocenters. The Labute approximate surface area is 122 Å². The highest BCUT2D eigenvalue weighted by Gasteiger charge is 2.27. The zero-order valence-corrected chi connectivity index (χ0v) is 13.4. The van der Waals surface area contributed by atoms with Crippen molar-refractivity contribution in [3.8, 4) is 0 Å². The molecule has 108 valence electrons. The highest BCUT2D eigenvalue weighted by atomic mass is 32.1. The number of thiophene rings is 1. The minimum absolute atomic E-state index is 0.290. The summed E-state index contributed by atoms with van der Waals surface area (Å²) in [5.41, 5.74) is 0.290. The highest BCUT2D eigenvalue weighted by molar-refractivity contribution is 7.10. The maximum atomic E-state index is 3.66. The van der Waals surface area contributed by atoms with Crippen LogP contribution in [0.2, 0.25) is 0 Å². The standard InChI is InChI=1S/C16H28N2S/c1-4-9-17-14-7-10-18(11-8-14)13-16(2,3)15-6-5-12-19-15/h5-6,12,14,17H,4,7-11,13H2,1-3H3. The van der Waals surface area contributed by atoms with Crippen LogP contribution in [0.1, 0.15) is 44.9 Å². The Bertz CT molecular complexity index is 351. The van der Waals surface area contributed by atoms with E-state index in [1.165, 1.54) is 50.3 Å². The fraction of sp³-hybridized carbons (Fsp3) is 0.750. The van der Waals surface area contributed by atoms with Crippen LogP contribution < -0.4 is 5.32 Å². The van der Waals surface area contributed by atoms with Gasteiger partial charge in [-0.1, -0.05) is 26.8 Å². The van der Waals surface area contributed by atoms with E-state index in [-0.39, 0.29) is 5.41 Å². The zero-order valence-electron chi connectivity index (χ0n) is 12.6. The molecule has 0 aliphatic carbocycles. The van der Waals surface area contributed by atoms with Crippen molar-refractivity contribution in [2.45, 2.75) is 51.5 Å². The van der Waals surface area contributed by atoms with Gasteiger partial charge in [-0.15, -0.1) is 11.3 Å². The van der Waals surface area contributed by atoms with Gasteiger partial charge in [-0.2, -0.15) is 0 Å². The lowest BCUT2D eigenvalue weighted by atomic mass is 9.89. The molecule has 0 atom stereocenters. The van der Waals surface area contributed by atoms with Crippen molar-refractivity contribution in [3.05, 3.63) is 22.4 Å². The van der Waals surface area contributed by atoms with Gasteiger partial charge in [-0.25, -0.2) is 0 Å². The van der Waals surface area contributed by atoms with Crippen LogP contribution in [-0.2, 0) is 5.41 Å². The summed E-state index contributed by atoms with van der Waals surface area (Å²) in [6.07, 6.45) is 3.85. The number of likely N-dealkylation sites (tertiary alicyclic amines) is 1. The molecule has 1 aromatic heterocycles. The number of hydrogen-bond donors (Lipinski definition) is 1. The third-order valence-corrected chi connectivity index (χ3v) is 5.31. The molecule has 1 N–H and O–H groups in total. The van der Waals surface area contributed by atoms with Crippen LogP contribution in [0.3, 0.4) is 0 Å². The third kappa shape index (κ3) is 4.30. The number of nitrogens with zero attached hydrogens (tertiary/aromatic N) is 1. The fourth-order valence-electron chi connectivity index (χ4n) is 2.94. The zero-order chi connectivity index (χ0) is 13.7. The first-order valence-electron chi connectivity index (χ1n) is 7.61. The van der Waals surface area contributed by atoms with Gasteiger partial charge < -0.3 is 10.2 Å². The molecule has 0 spiro atoms. The van der Waals surface area contributed by atoms with Gasteiger partial charge in [0.1, 0.15) is 0 Å². The molecule has 0 saturated carbocycles. The second-order valence-corrected chi connectivity index (χ2v) is 7.31. The van der Waals surface area contributed by atoms with Crippen LogP contribution >= 0.6 is 11.3 Å². The third-order valence-electron chi connectivity index (χ3n) is 4.08. The molecule has 1 fully saturated rings. The van der Waals surface area contributed by atoms with Gasteiger partial charge in [0.2, 0.25) is 0 Å². The predicted molar refractivity (Wildman–Crippen MR) is 85.1 cm³/mol. The van der Waals surface area contributed by atoms with Crippen molar-refractivity contribution >= 4 is 11.3 Å². The SMILES string of the molecule is CCCNC1CCN(CC(C)(C)c2cccs2)CC1. The second-order valence-electron chi connectivity index (χ2n) is 6.37. The Morgan fingerprint density at radius 1 is 1.37 bits per heavy atom. The number of hydrogen-bond acceptors (Lipinski definition) is 3. The summed E-state index contributed by atoms with van der Waals surface area (Å²) in [5, 5.41) is 5.85. The average Bonchev–Trinajstić information content (AvgIpc) is 2.92. The highest BCUT2D eigenvalue weighted by Crippen LogP contribution is 2.29. The van der Waals surface area contributed by atoms with Crippen molar-refractivity contribution in [2.24, 2.45) is 0 Å². The fourth-order valence-corrected chi connectivity index (χ4v) is 3.79. The van der Waals surface area contributed by atoms with Gasteiger partial charge in [0.05, 0.1) is 0 Å². The summed E-state index contributed by atoms with van der Waals surface area (Å²) in [7, 11) is 0.